The molecule has 2 amide bonds. The average Bonchev–Trinajstić information content (AvgIpc) is 2.63. The number of ether oxygens (including phenoxy) is 1. The Morgan fingerprint density at radius 3 is 2.10 bits per heavy atom. The van der Waals surface area contributed by atoms with Crippen LogP contribution in [-0.4, -0.2) is 68.0 Å². The second kappa shape index (κ2) is 5.65. The van der Waals surface area contributed by atoms with Crippen molar-refractivity contribution in [2.45, 2.75) is 0 Å². The summed E-state index contributed by atoms with van der Waals surface area (Å²) in [4.78, 5) is 36.8. The van der Waals surface area contributed by atoms with Gasteiger partial charge < -0.3 is 9.22 Å². The van der Waals surface area contributed by atoms with E-state index >= 15 is 0 Å². The standard InChI is InChI=1S/C15H19N2O4/c1-17(2,3)8-9-21-13(18)10-16-14(19)11-6-4-5-7-12(11)15(16)20/h4-7H,8-10H2,1-3H3/q+1. The molecule has 1 aliphatic rings. The lowest BCUT2D eigenvalue weighted by atomic mass is 10.1. The Morgan fingerprint density at radius 1 is 1.10 bits per heavy atom. The van der Waals surface area contributed by atoms with Crippen LogP contribution < -0.4 is 0 Å². The number of carbonyl (C=O) groups is 3. The summed E-state index contributed by atoms with van der Waals surface area (Å²) < 4.78 is 5.74. The van der Waals surface area contributed by atoms with Crippen LogP contribution in [-0.2, 0) is 9.53 Å². The lowest BCUT2D eigenvalue weighted by Crippen LogP contribution is -2.40. The number of hydrogen-bond donors (Lipinski definition) is 0. The zero-order valence-corrected chi connectivity index (χ0v) is 12.5. The summed E-state index contributed by atoms with van der Waals surface area (Å²) in [7, 11) is 5.95. The lowest BCUT2D eigenvalue weighted by Gasteiger charge is -2.23. The van der Waals surface area contributed by atoms with Crippen LogP contribution in [0.15, 0.2) is 24.3 Å². The predicted octanol–water partition coefficient (Wildman–Crippen LogP) is 0.532. The van der Waals surface area contributed by atoms with Crippen molar-refractivity contribution in [2.24, 2.45) is 0 Å². The highest BCUT2D eigenvalue weighted by Crippen LogP contribution is 2.21. The molecule has 21 heavy (non-hydrogen) atoms. The molecule has 2 rings (SSSR count). The first-order chi connectivity index (χ1) is 9.79. The van der Waals surface area contributed by atoms with Gasteiger partial charge in [-0.2, -0.15) is 0 Å². The summed E-state index contributed by atoms with van der Waals surface area (Å²) in [5.41, 5.74) is 0.670. The number of amides is 2. The van der Waals surface area contributed by atoms with Gasteiger partial charge in [0.05, 0.1) is 32.3 Å². The molecule has 0 saturated carbocycles. The number of imide groups is 1. The lowest BCUT2D eigenvalue weighted by molar-refractivity contribution is -0.870. The van der Waals surface area contributed by atoms with Crippen molar-refractivity contribution in [3.8, 4) is 0 Å². The van der Waals surface area contributed by atoms with Gasteiger partial charge >= 0.3 is 5.97 Å². The normalized spacial score (nSPS) is 14.3. The first-order valence-corrected chi connectivity index (χ1v) is 6.71. The van der Waals surface area contributed by atoms with Gasteiger partial charge in [0, 0.05) is 0 Å². The Labute approximate surface area is 123 Å². The molecule has 0 aliphatic carbocycles. The van der Waals surface area contributed by atoms with E-state index in [-0.39, 0.29) is 13.2 Å². The minimum absolute atomic E-state index is 0.255. The molecule has 1 heterocycles. The molecular weight excluding hydrogens is 272 g/mol. The molecule has 1 aliphatic heterocycles. The Hall–Kier alpha value is -2.21. The number of hydrogen-bond acceptors (Lipinski definition) is 4. The molecule has 6 heteroatoms. The third kappa shape index (κ3) is 3.46. The van der Waals surface area contributed by atoms with Crippen LogP contribution in [0.2, 0.25) is 0 Å². The quantitative estimate of drug-likeness (QED) is 0.451. The molecule has 0 spiro atoms. The summed E-state index contributed by atoms with van der Waals surface area (Å²) in [5.74, 6) is -1.46. The fraction of sp³-hybridized carbons (Fsp3) is 0.400. The molecule has 0 bridgehead atoms. The summed E-state index contributed by atoms with van der Waals surface area (Å²) in [6.07, 6.45) is 0. The number of benzene rings is 1. The SMILES string of the molecule is C[N+](C)(C)CCOC(=O)CN1C(=O)c2ccccc2C1=O. The zero-order chi connectivity index (χ0) is 15.6. The van der Waals surface area contributed by atoms with Crippen LogP contribution in [0.1, 0.15) is 20.7 Å². The van der Waals surface area contributed by atoms with E-state index in [4.69, 9.17) is 4.74 Å². The van der Waals surface area contributed by atoms with Crippen LogP contribution in [0, 0.1) is 0 Å². The fourth-order valence-electron chi connectivity index (χ4n) is 1.99. The molecule has 0 fully saturated rings. The van der Waals surface area contributed by atoms with Crippen LogP contribution >= 0.6 is 0 Å². The molecule has 0 saturated heterocycles. The Kier molecular flexibility index (Phi) is 4.09. The number of quaternary nitrogens is 1. The Bertz CT molecular complexity index is 555. The number of esters is 1. The monoisotopic (exact) mass is 291 g/mol. The Morgan fingerprint density at radius 2 is 1.62 bits per heavy atom. The van der Waals surface area contributed by atoms with Crippen LogP contribution in [0.3, 0.4) is 0 Å². The average molecular weight is 291 g/mol. The number of fused-ring (bicyclic) bond motifs is 1. The molecule has 0 N–H and O–H groups in total. The van der Waals surface area contributed by atoms with Crippen molar-refractivity contribution in [1.29, 1.82) is 0 Å². The van der Waals surface area contributed by atoms with E-state index in [1.54, 1.807) is 24.3 Å². The van der Waals surface area contributed by atoms with Gasteiger partial charge in [-0.1, -0.05) is 12.1 Å². The third-order valence-electron chi connectivity index (χ3n) is 3.19. The van der Waals surface area contributed by atoms with Crippen molar-refractivity contribution in [2.75, 3.05) is 40.8 Å². The highest BCUT2D eigenvalue weighted by Gasteiger charge is 2.36. The van der Waals surface area contributed by atoms with Crippen molar-refractivity contribution >= 4 is 17.8 Å². The molecular formula is C15H19N2O4+. The molecule has 0 aromatic heterocycles. The number of nitrogens with zero attached hydrogens (tertiary/aromatic N) is 2. The van der Waals surface area contributed by atoms with Crippen molar-refractivity contribution in [3.05, 3.63) is 35.4 Å². The van der Waals surface area contributed by atoms with Gasteiger partial charge in [0.15, 0.2) is 0 Å². The van der Waals surface area contributed by atoms with Crippen LogP contribution in [0.25, 0.3) is 0 Å². The zero-order valence-electron chi connectivity index (χ0n) is 12.5. The summed E-state index contributed by atoms with van der Waals surface area (Å²) >= 11 is 0. The van der Waals surface area contributed by atoms with Gasteiger partial charge in [0.2, 0.25) is 0 Å². The van der Waals surface area contributed by atoms with Gasteiger partial charge in [-0.3, -0.25) is 19.3 Å². The Balaban J connectivity index is 1.94. The second-order valence-electron chi connectivity index (χ2n) is 5.98. The fourth-order valence-corrected chi connectivity index (χ4v) is 1.99. The van der Waals surface area contributed by atoms with Crippen LogP contribution in [0.5, 0.6) is 0 Å². The first kappa shape index (κ1) is 15.2. The maximum Gasteiger partial charge on any atom is 0.326 e. The molecule has 0 unspecified atom stereocenters. The van der Waals surface area contributed by atoms with Crippen molar-refractivity contribution < 1.29 is 23.6 Å². The van der Waals surface area contributed by atoms with E-state index in [1.165, 1.54) is 0 Å². The maximum atomic E-state index is 12.1. The van der Waals surface area contributed by atoms with E-state index in [0.717, 1.165) is 4.90 Å². The van der Waals surface area contributed by atoms with Crippen molar-refractivity contribution in [1.82, 2.24) is 4.90 Å². The van der Waals surface area contributed by atoms with E-state index in [2.05, 4.69) is 0 Å². The minimum atomic E-state index is -0.571. The minimum Gasteiger partial charge on any atom is -0.458 e. The van der Waals surface area contributed by atoms with E-state index in [1.807, 2.05) is 21.1 Å². The second-order valence-corrected chi connectivity index (χ2v) is 5.98. The maximum absolute atomic E-state index is 12.1. The highest BCUT2D eigenvalue weighted by molar-refractivity contribution is 6.22. The highest BCUT2D eigenvalue weighted by atomic mass is 16.5. The largest absolute Gasteiger partial charge is 0.458 e. The van der Waals surface area contributed by atoms with E-state index in [0.29, 0.717) is 22.2 Å². The van der Waals surface area contributed by atoms with Gasteiger partial charge in [0.25, 0.3) is 11.8 Å². The molecule has 1 aromatic rings. The van der Waals surface area contributed by atoms with Crippen LogP contribution in [0.4, 0.5) is 0 Å². The predicted molar refractivity (Wildman–Crippen MR) is 75.7 cm³/mol. The van der Waals surface area contributed by atoms with Crippen molar-refractivity contribution in [3.63, 3.8) is 0 Å². The molecule has 1 aromatic carbocycles. The number of likely N-dealkylation sites (N-methyl/N-ethyl adjacent to an activating group) is 1. The summed E-state index contributed by atoms with van der Waals surface area (Å²) in [6.45, 7) is 0.572. The van der Waals surface area contributed by atoms with Gasteiger partial charge in [-0.25, -0.2) is 0 Å². The van der Waals surface area contributed by atoms with E-state index < -0.39 is 17.8 Å². The first-order valence-electron chi connectivity index (χ1n) is 6.71. The molecule has 0 radical (unpaired) electrons. The van der Waals surface area contributed by atoms with Gasteiger partial charge in [-0.15, -0.1) is 0 Å². The smallest absolute Gasteiger partial charge is 0.326 e. The molecule has 6 nitrogen and oxygen atoms in total. The number of rotatable bonds is 5. The van der Waals surface area contributed by atoms with Gasteiger partial charge in [-0.05, 0) is 12.1 Å². The summed E-state index contributed by atoms with van der Waals surface area (Å²) in [6, 6.07) is 6.54. The van der Waals surface area contributed by atoms with Gasteiger partial charge in [0.1, 0.15) is 19.7 Å². The molecule has 112 valence electrons. The number of carbonyl (C=O) groups excluding carboxylic acids is 3. The summed E-state index contributed by atoms with van der Waals surface area (Å²) in [5, 5.41) is 0. The van der Waals surface area contributed by atoms with E-state index in [9.17, 15) is 14.4 Å². The topological polar surface area (TPSA) is 63.7 Å². The molecule has 0 atom stereocenters. The third-order valence-corrected chi connectivity index (χ3v) is 3.19.